The van der Waals surface area contributed by atoms with Crippen molar-refractivity contribution in [2.75, 3.05) is 36.8 Å². The molecule has 3 aromatic rings. The van der Waals surface area contributed by atoms with Crippen molar-refractivity contribution in [3.8, 4) is 11.5 Å². The first-order valence-corrected chi connectivity index (χ1v) is 12.8. The van der Waals surface area contributed by atoms with Crippen molar-refractivity contribution in [1.29, 1.82) is 0 Å². The van der Waals surface area contributed by atoms with Crippen LogP contribution in [0.1, 0.15) is 36.4 Å². The van der Waals surface area contributed by atoms with Gasteiger partial charge in [-0.15, -0.1) is 0 Å². The van der Waals surface area contributed by atoms with E-state index in [4.69, 9.17) is 9.47 Å². The Kier molecular flexibility index (Phi) is 10.7. The van der Waals surface area contributed by atoms with E-state index in [-0.39, 0.29) is 25.2 Å². The number of carboxylic acids is 1. The number of para-hydroxylation sites is 1. The number of anilines is 3. The van der Waals surface area contributed by atoms with Crippen LogP contribution in [0.4, 0.5) is 21.9 Å². The number of nitrogens with one attached hydrogen (secondary N) is 3. The molecular weight excluding hydrogens is 528 g/mol. The maximum atomic E-state index is 12.8. The SMILES string of the molecule is COc1ccc(C(CC(=O)O)NC(=O)CCC(=O)N(C)c2ccc(NC(=O)Nc3ccccc3C)cc2)cc1OC. The number of ether oxygens (including phenoxy) is 2. The predicted molar refractivity (Wildman–Crippen MR) is 156 cm³/mol. The summed E-state index contributed by atoms with van der Waals surface area (Å²) in [7, 11) is 4.53. The van der Waals surface area contributed by atoms with Crippen molar-refractivity contribution >= 4 is 40.9 Å². The highest BCUT2D eigenvalue weighted by molar-refractivity contribution is 6.00. The van der Waals surface area contributed by atoms with Crippen LogP contribution in [0.25, 0.3) is 0 Å². The van der Waals surface area contributed by atoms with E-state index in [2.05, 4.69) is 16.0 Å². The third-order valence-electron chi connectivity index (χ3n) is 6.37. The number of hydrogen-bond acceptors (Lipinski definition) is 6. The van der Waals surface area contributed by atoms with Gasteiger partial charge in [0.25, 0.3) is 0 Å². The van der Waals surface area contributed by atoms with Crippen LogP contribution in [0, 0.1) is 6.92 Å². The van der Waals surface area contributed by atoms with Gasteiger partial charge in [0.05, 0.1) is 26.7 Å². The molecule has 0 saturated carbocycles. The number of aliphatic carboxylic acids is 1. The van der Waals surface area contributed by atoms with Gasteiger partial charge in [0.2, 0.25) is 11.8 Å². The van der Waals surface area contributed by atoms with Crippen molar-refractivity contribution in [2.45, 2.75) is 32.2 Å². The number of carboxylic acid groups (broad SMARTS) is 1. The molecule has 41 heavy (non-hydrogen) atoms. The lowest BCUT2D eigenvalue weighted by Crippen LogP contribution is -2.32. The average molecular weight is 563 g/mol. The molecule has 11 heteroatoms. The molecule has 0 fully saturated rings. The molecule has 1 atom stereocenters. The maximum Gasteiger partial charge on any atom is 0.323 e. The van der Waals surface area contributed by atoms with Crippen molar-refractivity contribution < 1.29 is 33.8 Å². The van der Waals surface area contributed by atoms with Gasteiger partial charge in [0.15, 0.2) is 11.5 Å². The average Bonchev–Trinajstić information content (AvgIpc) is 2.96. The molecule has 4 N–H and O–H groups in total. The Bertz CT molecular complexity index is 1390. The summed E-state index contributed by atoms with van der Waals surface area (Å²) in [4.78, 5) is 50.6. The molecule has 0 radical (unpaired) electrons. The second-order valence-corrected chi connectivity index (χ2v) is 9.23. The number of methoxy groups -OCH3 is 2. The number of hydrogen-bond donors (Lipinski definition) is 4. The second kappa shape index (κ2) is 14.4. The fourth-order valence-electron chi connectivity index (χ4n) is 4.06. The molecule has 0 aliphatic heterocycles. The number of carbonyl (C=O) groups excluding carboxylic acids is 3. The van der Waals surface area contributed by atoms with Crippen LogP contribution in [0.15, 0.2) is 66.7 Å². The molecule has 0 spiro atoms. The molecule has 11 nitrogen and oxygen atoms in total. The summed E-state index contributed by atoms with van der Waals surface area (Å²) in [6.07, 6.45) is -0.573. The largest absolute Gasteiger partial charge is 0.493 e. The van der Waals surface area contributed by atoms with E-state index in [1.165, 1.54) is 19.1 Å². The molecule has 216 valence electrons. The highest BCUT2D eigenvalue weighted by atomic mass is 16.5. The fraction of sp³-hybridized carbons (Fsp3) is 0.267. The summed E-state index contributed by atoms with van der Waals surface area (Å²) in [6.45, 7) is 1.90. The minimum absolute atomic E-state index is 0.0904. The molecule has 3 rings (SSSR count). The highest BCUT2D eigenvalue weighted by Crippen LogP contribution is 2.31. The summed E-state index contributed by atoms with van der Waals surface area (Å²) >= 11 is 0. The van der Waals surface area contributed by atoms with E-state index in [1.807, 2.05) is 25.1 Å². The summed E-state index contributed by atoms with van der Waals surface area (Å²) in [5, 5.41) is 17.6. The number of urea groups is 1. The number of aryl methyl sites for hydroxylation is 1. The van der Waals surface area contributed by atoms with Crippen molar-refractivity contribution in [2.24, 2.45) is 0 Å². The van der Waals surface area contributed by atoms with Crippen LogP contribution in [-0.4, -0.2) is 50.2 Å². The van der Waals surface area contributed by atoms with Crippen LogP contribution < -0.4 is 30.3 Å². The van der Waals surface area contributed by atoms with Crippen molar-refractivity contribution in [1.82, 2.24) is 5.32 Å². The Morgan fingerprint density at radius 1 is 0.878 bits per heavy atom. The molecule has 0 aromatic heterocycles. The van der Waals surface area contributed by atoms with E-state index in [1.54, 1.807) is 55.6 Å². The van der Waals surface area contributed by atoms with Gasteiger partial charge < -0.3 is 35.4 Å². The van der Waals surface area contributed by atoms with E-state index >= 15 is 0 Å². The molecule has 0 aliphatic rings. The highest BCUT2D eigenvalue weighted by Gasteiger charge is 2.21. The zero-order chi connectivity index (χ0) is 29.9. The molecular formula is C30H34N4O7. The van der Waals surface area contributed by atoms with Gasteiger partial charge in [-0.2, -0.15) is 0 Å². The molecule has 0 bridgehead atoms. The molecule has 0 aliphatic carbocycles. The van der Waals surface area contributed by atoms with Crippen LogP contribution >= 0.6 is 0 Å². The Morgan fingerprint density at radius 3 is 2.20 bits per heavy atom. The molecule has 4 amide bonds. The Labute approximate surface area is 238 Å². The van der Waals surface area contributed by atoms with Crippen LogP contribution in [0.5, 0.6) is 11.5 Å². The molecule has 0 saturated heterocycles. The molecule has 0 heterocycles. The third kappa shape index (κ3) is 8.72. The minimum Gasteiger partial charge on any atom is -0.493 e. The van der Waals surface area contributed by atoms with Gasteiger partial charge >= 0.3 is 12.0 Å². The smallest absolute Gasteiger partial charge is 0.323 e. The number of nitrogens with zero attached hydrogens (tertiary/aromatic N) is 1. The zero-order valence-electron chi connectivity index (χ0n) is 23.4. The van der Waals surface area contributed by atoms with E-state index in [0.29, 0.717) is 34.1 Å². The van der Waals surface area contributed by atoms with Crippen LogP contribution in [0.3, 0.4) is 0 Å². The van der Waals surface area contributed by atoms with Gasteiger partial charge in [-0.3, -0.25) is 14.4 Å². The van der Waals surface area contributed by atoms with Gasteiger partial charge in [-0.1, -0.05) is 24.3 Å². The Morgan fingerprint density at radius 2 is 1.56 bits per heavy atom. The third-order valence-corrected chi connectivity index (χ3v) is 6.37. The van der Waals surface area contributed by atoms with Crippen LogP contribution in [0.2, 0.25) is 0 Å². The first-order valence-electron chi connectivity index (χ1n) is 12.8. The summed E-state index contributed by atoms with van der Waals surface area (Å²) < 4.78 is 10.5. The van der Waals surface area contributed by atoms with Gasteiger partial charge in [-0.25, -0.2) is 4.79 Å². The van der Waals surface area contributed by atoms with Crippen molar-refractivity contribution in [3.05, 3.63) is 77.9 Å². The van der Waals surface area contributed by atoms with Crippen LogP contribution in [-0.2, 0) is 14.4 Å². The summed E-state index contributed by atoms with van der Waals surface area (Å²) in [5.74, 6) is -0.989. The normalized spacial score (nSPS) is 11.1. The number of amides is 4. The summed E-state index contributed by atoms with van der Waals surface area (Å²) in [6, 6.07) is 17.8. The Balaban J connectivity index is 1.55. The standard InChI is InChI=1S/C30H34N4O7/c1-19-7-5-6-8-23(19)33-30(39)31-21-10-12-22(13-11-21)34(2)28(36)16-15-27(35)32-24(18-29(37)38)20-9-14-25(40-3)26(17-20)41-4/h5-14,17,24H,15-16,18H2,1-4H3,(H,32,35)(H,37,38)(H2,31,33,39). The second-order valence-electron chi connectivity index (χ2n) is 9.23. The van der Waals surface area contributed by atoms with Gasteiger partial charge in [-0.05, 0) is 60.5 Å². The maximum absolute atomic E-state index is 12.8. The monoisotopic (exact) mass is 562 g/mol. The van der Waals surface area contributed by atoms with E-state index in [9.17, 15) is 24.3 Å². The zero-order valence-corrected chi connectivity index (χ0v) is 23.4. The number of benzene rings is 3. The topological polar surface area (TPSA) is 146 Å². The van der Waals surface area contributed by atoms with E-state index in [0.717, 1.165) is 5.56 Å². The lowest BCUT2D eigenvalue weighted by atomic mass is 10.0. The first-order chi connectivity index (χ1) is 19.6. The minimum atomic E-state index is -1.09. The molecule has 3 aromatic carbocycles. The predicted octanol–water partition coefficient (Wildman–Crippen LogP) is 4.73. The first kappa shape index (κ1) is 30.5. The van der Waals surface area contributed by atoms with Gasteiger partial charge in [0.1, 0.15) is 0 Å². The van der Waals surface area contributed by atoms with Crippen molar-refractivity contribution in [3.63, 3.8) is 0 Å². The van der Waals surface area contributed by atoms with E-state index < -0.39 is 23.9 Å². The Hall–Kier alpha value is -5.06. The lowest BCUT2D eigenvalue weighted by molar-refractivity contribution is -0.138. The quantitative estimate of drug-likeness (QED) is 0.250. The number of rotatable bonds is 12. The molecule has 1 unspecified atom stereocenters. The van der Waals surface area contributed by atoms with Gasteiger partial charge in [0, 0.05) is 37.0 Å². The number of carbonyl (C=O) groups is 4. The fourth-order valence-corrected chi connectivity index (χ4v) is 4.06. The lowest BCUT2D eigenvalue weighted by Gasteiger charge is -2.20. The summed E-state index contributed by atoms with van der Waals surface area (Å²) in [5.41, 5.74) is 3.29.